The number of nitrogens with zero attached hydrogens (tertiary/aromatic N) is 2. The van der Waals surface area contributed by atoms with E-state index in [1.807, 2.05) is 12.1 Å². The van der Waals surface area contributed by atoms with Gasteiger partial charge in [-0.1, -0.05) is 29.8 Å². The molecule has 0 unspecified atom stereocenters. The van der Waals surface area contributed by atoms with Crippen LogP contribution in [0.5, 0.6) is 5.75 Å². The first-order valence-electron chi connectivity index (χ1n) is 9.35. The number of benzene rings is 2. The van der Waals surface area contributed by atoms with Gasteiger partial charge in [0, 0.05) is 31.5 Å². The second kappa shape index (κ2) is 10.1. The highest BCUT2D eigenvalue weighted by molar-refractivity contribution is 6.30. The molecule has 0 N–H and O–H groups in total. The fraction of sp³-hybridized carbons (Fsp3) is 0.273. The lowest BCUT2D eigenvalue weighted by molar-refractivity contribution is -0.130. The Labute approximate surface area is 174 Å². The average molecular weight is 417 g/mol. The number of hydrogen-bond donors (Lipinski definition) is 0. The molecule has 7 heteroatoms. The highest BCUT2D eigenvalue weighted by Crippen LogP contribution is 2.23. The summed E-state index contributed by atoms with van der Waals surface area (Å²) in [7, 11) is 1.75. The minimum Gasteiger partial charge on any atom is -0.493 e. The Morgan fingerprint density at radius 1 is 1.24 bits per heavy atom. The van der Waals surface area contributed by atoms with Gasteiger partial charge < -0.3 is 14.1 Å². The van der Waals surface area contributed by atoms with E-state index < -0.39 is 0 Å². The van der Waals surface area contributed by atoms with Crippen molar-refractivity contribution < 1.29 is 18.3 Å². The summed E-state index contributed by atoms with van der Waals surface area (Å²) in [6, 6.07) is 13.5. The number of amides is 1. The van der Waals surface area contributed by atoms with Crippen molar-refractivity contribution in [3.05, 3.63) is 71.5 Å². The molecule has 1 heterocycles. The van der Waals surface area contributed by atoms with Crippen LogP contribution in [-0.2, 0) is 11.2 Å². The lowest BCUT2D eigenvalue weighted by atomic mass is 10.2. The summed E-state index contributed by atoms with van der Waals surface area (Å²) in [4.78, 5) is 18.1. The van der Waals surface area contributed by atoms with Crippen LogP contribution in [0.25, 0.3) is 11.3 Å². The lowest BCUT2D eigenvalue weighted by Crippen LogP contribution is -2.28. The molecule has 0 spiro atoms. The molecule has 152 valence electrons. The van der Waals surface area contributed by atoms with Crippen LogP contribution in [0.3, 0.4) is 0 Å². The predicted molar refractivity (Wildman–Crippen MR) is 109 cm³/mol. The monoisotopic (exact) mass is 416 g/mol. The van der Waals surface area contributed by atoms with Crippen molar-refractivity contribution in [3.8, 4) is 17.1 Å². The maximum absolute atomic E-state index is 13.8. The van der Waals surface area contributed by atoms with E-state index in [0.29, 0.717) is 54.0 Å². The van der Waals surface area contributed by atoms with E-state index in [-0.39, 0.29) is 18.1 Å². The number of aromatic nitrogens is 1. The molecule has 1 aromatic heterocycles. The average Bonchev–Trinajstić information content (AvgIpc) is 3.18. The topological polar surface area (TPSA) is 55.6 Å². The minimum atomic E-state index is -0.369. The third-order valence-corrected chi connectivity index (χ3v) is 4.61. The first-order valence-corrected chi connectivity index (χ1v) is 9.72. The van der Waals surface area contributed by atoms with E-state index in [2.05, 4.69) is 4.98 Å². The van der Waals surface area contributed by atoms with Crippen LogP contribution in [0.4, 0.5) is 4.39 Å². The molecular formula is C22H22ClFN2O3. The predicted octanol–water partition coefficient (Wildman–Crippen LogP) is 4.99. The van der Waals surface area contributed by atoms with Crippen LogP contribution in [-0.4, -0.2) is 36.0 Å². The summed E-state index contributed by atoms with van der Waals surface area (Å²) >= 11 is 5.91. The molecular weight excluding hydrogens is 395 g/mol. The zero-order chi connectivity index (χ0) is 20.6. The maximum Gasteiger partial charge on any atom is 0.222 e. The van der Waals surface area contributed by atoms with E-state index >= 15 is 0 Å². The molecule has 0 fully saturated rings. The summed E-state index contributed by atoms with van der Waals surface area (Å²) in [5, 5.41) is 0.625. The molecule has 0 aliphatic rings. The third-order valence-electron chi connectivity index (χ3n) is 4.37. The number of aryl methyl sites for hydroxylation is 1. The molecule has 0 radical (unpaired) electrons. The number of oxazole rings is 1. The second-order valence-electron chi connectivity index (χ2n) is 6.57. The zero-order valence-electron chi connectivity index (χ0n) is 16.1. The molecule has 3 aromatic rings. The van der Waals surface area contributed by atoms with Crippen LogP contribution in [0.15, 0.2) is 59.1 Å². The number of ether oxygens (including phenoxy) is 1. The van der Waals surface area contributed by atoms with Crippen molar-refractivity contribution in [2.75, 3.05) is 20.2 Å². The van der Waals surface area contributed by atoms with Crippen LogP contribution in [0.2, 0.25) is 5.02 Å². The standard InChI is InChI=1S/C22H22ClFN2O3/c1-26(12-5-13-28-17-7-4-6-16(23)14-17)22(27)11-10-21-25-15-20(29-21)18-8-2-3-9-19(18)24/h2-4,6-9,14-15H,5,10-13H2,1H3. The first kappa shape index (κ1) is 20.9. The van der Waals surface area contributed by atoms with Gasteiger partial charge in [-0.2, -0.15) is 0 Å². The Hall–Kier alpha value is -2.86. The summed E-state index contributed by atoms with van der Waals surface area (Å²) in [6.45, 7) is 1.06. The van der Waals surface area contributed by atoms with Gasteiger partial charge in [0.2, 0.25) is 5.91 Å². The number of carbonyl (C=O) groups is 1. The van der Waals surface area contributed by atoms with Crippen molar-refractivity contribution >= 4 is 17.5 Å². The molecule has 0 saturated carbocycles. The Morgan fingerprint density at radius 3 is 2.86 bits per heavy atom. The molecule has 0 bridgehead atoms. The first-order chi connectivity index (χ1) is 14.0. The molecule has 0 aliphatic carbocycles. The fourth-order valence-corrected chi connectivity index (χ4v) is 2.97. The molecule has 29 heavy (non-hydrogen) atoms. The van der Waals surface area contributed by atoms with Crippen LogP contribution in [0.1, 0.15) is 18.7 Å². The van der Waals surface area contributed by atoms with Gasteiger partial charge in [-0.25, -0.2) is 9.37 Å². The second-order valence-corrected chi connectivity index (χ2v) is 7.01. The molecule has 1 amide bonds. The molecule has 3 rings (SSSR count). The molecule has 0 saturated heterocycles. The van der Waals surface area contributed by atoms with E-state index in [1.165, 1.54) is 12.3 Å². The van der Waals surface area contributed by atoms with Crippen molar-refractivity contribution in [3.63, 3.8) is 0 Å². The van der Waals surface area contributed by atoms with Gasteiger partial charge in [-0.15, -0.1) is 0 Å². The third kappa shape index (κ3) is 6.06. The molecule has 5 nitrogen and oxygen atoms in total. The van der Waals surface area contributed by atoms with Gasteiger partial charge in [0.15, 0.2) is 11.7 Å². The quantitative estimate of drug-likeness (QED) is 0.461. The Bertz CT molecular complexity index is 960. The van der Waals surface area contributed by atoms with E-state index in [9.17, 15) is 9.18 Å². The Morgan fingerprint density at radius 2 is 2.07 bits per heavy atom. The highest BCUT2D eigenvalue weighted by Gasteiger charge is 2.13. The normalized spacial score (nSPS) is 10.7. The van der Waals surface area contributed by atoms with Gasteiger partial charge in [0.25, 0.3) is 0 Å². The molecule has 0 atom stereocenters. The highest BCUT2D eigenvalue weighted by atomic mass is 35.5. The SMILES string of the molecule is CN(CCCOc1cccc(Cl)c1)C(=O)CCc1ncc(-c2ccccc2F)o1. The largest absolute Gasteiger partial charge is 0.493 e. The summed E-state index contributed by atoms with van der Waals surface area (Å²) in [6.07, 6.45) is 2.81. The summed E-state index contributed by atoms with van der Waals surface area (Å²) in [5.41, 5.74) is 0.356. The number of carbonyl (C=O) groups excluding carboxylic acids is 1. The molecule has 0 aliphatic heterocycles. The van der Waals surface area contributed by atoms with Gasteiger partial charge in [-0.05, 0) is 36.8 Å². The summed E-state index contributed by atoms with van der Waals surface area (Å²) in [5.74, 6) is 1.09. The van der Waals surface area contributed by atoms with Crippen molar-refractivity contribution in [2.24, 2.45) is 0 Å². The lowest BCUT2D eigenvalue weighted by Gasteiger charge is -2.17. The smallest absolute Gasteiger partial charge is 0.222 e. The fourth-order valence-electron chi connectivity index (χ4n) is 2.79. The van der Waals surface area contributed by atoms with Crippen molar-refractivity contribution in [1.29, 1.82) is 0 Å². The summed E-state index contributed by atoms with van der Waals surface area (Å²) < 4.78 is 25.0. The van der Waals surface area contributed by atoms with Crippen molar-refractivity contribution in [2.45, 2.75) is 19.3 Å². The van der Waals surface area contributed by atoms with Crippen LogP contribution in [0, 0.1) is 5.82 Å². The van der Waals surface area contributed by atoms with Gasteiger partial charge >= 0.3 is 0 Å². The van der Waals surface area contributed by atoms with Crippen LogP contribution >= 0.6 is 11.6 Å². The number of halogens is 2. The Kier molecular flexibility index (Phi) is 7.25. The molecule has 2 aromatic carbocycles. The van der Waals surface area contributed by atoms with Gasteiger partial charge in [0.05, 0.1) is 18.4 Å². The van der Waals surface area contributed by atoms with E-state index in [4.69, 9.17) is 20.8 Å². The van der Waals surface area contributed by atoms with Gasteiger partial charge in [0.1, 0.15) is 11.6 Å². The number of rotatable bonds is 9. The zero-order valence-corrected chi connectivity index (χ0v) is 16.9. The van der Waals surface area contributed by atoms with Crippen LogP contribution < -0.4 is 4.74 Å². The Balaban J connectivity index is 1.40. The van der Waals surface area contributed by atoms with E-state index in [0.717, 1.165) is 0 Å². The number of hydrogen-bond acceptors (Lipinski definition) is 4. The minimum absolute atomic E-state index is 0.0154. The van der Waals surface area contributed by atoms with E-state index in [1.54, 1.807) is 42.3 Å². The van der Waals surface area contributed by atoms with Crippen molar-refractivity contribution in [1.82, 2.24) is 9.88 Å². The maximum atomic E-state index is 13.8. The van der Waals surface area contributed by atoms with Gasteiger partial charge in [-0.3, -0.25) is 4.79 Å².